The molecule has 80 valence electrons. The molecule has 0 spiro atoms. The van der Waals surface area contributed by atoms with Crippen LogP contribution >= 0.6 is 0 Å². The lowest BCUT2D eigenvalue weighted by atomic mass is 10.3. The summed E-state index contributed by atoms with van der Waals surface area (Å²) in [5.41, 5.74) is -0.724. The van der Waals surface area contributed by atoms with Crippen LogP contribution in [0.4, 0.5) is 5.82 Å². The standard InChI is InChI=1S/C9H11N3O3/c1-4(2)12-6(13)3-5-7(12)10-9(15)11-8(5)14/h4H,3H2,1-2H3,(H2,10,11,14,15). The molecular formula is C9H11N3O3. The quantitative estimate of drug-likeness (QED) is 0.645. The molecule has 0 aromatic carbocycles. The maximum atomic E-state index is 11.6. The predicted octanol–water partition coefficient (Wildman–Crippen LogP) is -0.639. The zero-order valence-electron chi connectivity index (χ0n) is 8.46. The van der Waals surface area contributed by atoms with Crippen molar-refractivity contribution in [2.45, 2.75) is 26.3 Å². The maximum Gasteiger partial charge on any atom is 0.327 e. The Bertz CT molecular complexity index is 526. The SMILES string of the molecule is CC(C)N1C(=O)Cc2c1[nH]c(=O)[nH]c2=O. The van der Waals surface area contributed by atoms with Crippen molar-refractivity contribution >= 4 is 11.7 Å². The number of aromatic nitrogens is 2. The molecule has 2 rings (SSSR count). The smallest absolute Gasteiger partial charge is 0.295 e. The van der Waals surface area contributed by atoms with Crippen molar-refractivity contribution in [1.82, 2.24) is 9.97 Å². The minimum Gasteiger partial charge on any atom is -0.295 e. The fraction of sp³-hybridized carbons (Fsp3) is 0.444. The Hall–Kier alpha value is -1.85. The second-order valence-electron chi connectivity index (χ2n) is 3.77. The van der Waals surface area contributed by atoms with Gasteiger partial charge in [-0.05, 0) is 13.8 Å². The number of nitrogens with one attached hydrogen (secondary N) is 2. The molecule has 1 aliphatic rings. The molecule has 0 radical (unpaired) electrons. The normalized spacial score (nSPS) is 14.9. The van der Waals surface area contributed by atoms with Gasteiger partial charge in [0.1, 0.15) is 5.82 Å². The lowest BCUT2D eigenvalue weighted by Gasteiger charge is -2.20. The van der Waals surface area contributed by atoms with E-state index in [-0.39, 0.29) is 18.4 Å². The minimum atomic E-state index is -0.584. The number of hydrogen-bond acceptors (Lipinski definition) is 3. The van der Waals surface area contributed by atoms with Gasteiger partial charge >= 0.3 is 5.69 Å². The third-order valence-corrected chi connectivity index (χ3v) is 2.37. The van der Waals surface area contributed by atoms with Gasteiger partial charge in [-0.15, -0.1) is 0 Å². The second kappa shape index (κ2) is 3.08. The number of carbonyl (C=O) groups excluding carboxylic acids is 1. The summed E-state index contributed by atoms with van der Waals surface area (Å²) >= 11 is 0. The summed E-state index contributed by atoms with van der Waals surface area (Å²) in [6, 6.07) is -0.0730. The molecule has 2 heterocycles. The van der Waals surface area contributed by atoms with E-state index in [0.717, 1.165) is 0 Å². The van der Waals surface area contributed by atoms with Crippen LogP contribution in [0.5, 0.6) is 0 Å². The summed E-state index contributed by atoms with van der Waals surface area (Å²) < 4.78 is 0. The van der Waals surface area contributed by atoms with Gasteiger partial charge in [-0.2, -0.15) is 0 Å². The number of nitrogens with zero attached hydrogens (tertiary/aromatic N) is 1. The van der Waals surface area contributed by atoms with Crippen LogP contribution < -0.4 is 16.1 Å². The highest BCUT2D eigenvalue weighted by molar-refractivity contribution is 6.00. The Morgan fingerprint density at radius 1 is 1.20 bits per heavy atom. The summed E-state index contributed by atoms with van der Waals surface area (Å²) in [6.45, 7) is 3.65. The van der Waals surface area contributed by atoms with E-state index in [1.165, 1.54) is 4.90 Å². The third kappa shape index (κ3) is 1.38. The summed E-state index contributed by atoms with van der Waals surface area (Å²) in [5, 5.41) is 0. The molecule has 0 unspecified atom stereocenters. The van der Waals surface area contributed by atoms with E-state index < -0.39 is 11.2 Å². The third-order valence-electron chi connectivity index (χ3n) is 2.37. The van der Waals surface area contributed by atoms with Gasteiger partial charge in [0.05, 0.1) is 12.0 Å². The molecule has 1 aromatic heterocycles. The highest BCUT2D eigenvalue weighted by atomic mass is 16.2. The number of rotatable bonds is 1. The second-order valence-corrected chi connectivity index (χ2v) is 3.77. The van der Waals surface area contributed by atoms with E-state index in [2.05, 4.69) is 9.97 Å². The topological polar surface area (TPSA) is 86.0 Å². The zero-order valence-corrected chi connectivity index (χ0v) is 8.46. The van der Waals surface area contributed by atoms with Gasteiger partial charge in [-0.25, -0.2) is 4.79 Å². The molecule has 0 aliphatic carbocycles. The monoisotopic (exact) mass is 209 g/mol. The molecule has 15 heavy (non-hydrogen) atoms. The Morgan fingerprint density at radius 3 is 2.47 bits per heavy atom. The maximum absolute atomic E-state index is 11.6. The van der Waals surface area contributed by atoms with E-state index in [4.69, 9.17) is 0 Å². The lowest BCUT2D eigenvalue weighted by molar-refractivity contribution is -0.117. The van der Waals surface area contributed by atoms with E-state index in [0.29, 0.717) is 11.4 Å². The van der Waals surface area contributed by atoms with E-state index in [1.54, 1.807) is 0 Å². The van der Waals surface area contributed by atoms with Crippen molar-refractivity contribution < 1.29 is 4.79 Å². The van der Waals surface area contributed by atoms with Crippen molar-refractivity contribution in [3.05, 3.63) is 26.4 Å². The van der Waals surface area contributed by atoms with Crippen LogP contribution in [-0.4, -0.2) is 21.9 Å². The van der Waals surface area contributed by atoms with E-state index >= 15 is 0 Å². The molecule has 1 aromatic rings. The number of H-pyrrole nitrogens is 2. The minimum absolute atomic E-state index is 0.0552. The van der Waals surface area contributed by atoms with Crippen LogP contribution in [0.15, 0.2) is 9.59 Å². The molecule has 6 nitrogen and oxygen atoms in total. The average molecular weight is 209 g/mol. The Morgan fingerprint density at radius 2 is 1.87 bits per heavy atom. The first-order valence-corrected chi connectivity index (χ1v) is 4.68. The molecule has 0 saturated carbocycles. The van der Waals surface area contributed by atoms with E-state index in [9.17, 15) is 14.4 Å². The van der Waals surface area contributed by atoms with Crippen LogP contribution in [0, 0.1) is 0 Å². The van der Waals surface area contributed by atoms with Crippen molar-refractivity contribution in [2.24, 2.45) is 0 Å². The Labute approximate surface area is 84.9 Å². The Balaban J connectivity index is 2.68. The first-order chi connectivity index (χ1) is 7.00. The summed E-state index contributed by atoms with van der Waals surface area (Å²) in [6.07, 6.45) is 0.0552. The van der Waals surface area contributed by atoms with Crippen LogP contribution in [0.2, 0.25) is 0 Å². The number of hydrogen-bond donors (Lipinski definition) is 2. The number of amides is 1. The molecule has 6 heteroatoms. The van der Waals surface area contributed by atoms with Gasteiger partial charge in [0.25, 0.3) is 5.56 Å². The summed E-state index contributed by atoms with van der Waals surface area (Å²) in [5.74, 6) is 0.177. The lowest BCUT2D eigenvalue weighted by Crippen LogP contribution is -2.35. The number of fused-ring (bicyclic) bond motifs is 1. The summed E-state index contributed by atoms with van der Waals surface area (Å²) in [4.78, 5) is 40.1. The summed E-state index contributed by atoms with van der Waals surface area (Å²) in [7, 11) is 0. The van der Waals surface area contributed by atoms with Crippen molar-refractivity contribution in [1.29, 1.82) is 0 Å². The van der Waals surface area contributed by atoms with Gasteiger partial charge in [0.15, 0.2) is 0 Å². The fourth-order valence-electron chi connectivity index (χ4n) is 1.78. The van der Waals surface area contributed by atoms with Crippen LogP contribution in [0.1, 0.15) is 19.4 Å². The molecule has 0 atom stereocenters. The first-order valence-electron chi connectivity index (χ1n) is 4.68. The van der Waals surface area contributed by atoms with Crippen LogP contribution in [0.3, 0.4) is 0 Å². The van der Waals surface area contributed by atoms with Crippen LogP contribution in [-0.2, 0) is 11.2 Å². The molecule has 2 N–H and O–H groups in total. The van der Waals surface area contributed by atoms with Gasteiger partial charge in [-0.3, -0.25) is 24.5 Å². The molecule has 1 aliphatic heterocycles. The van der Waals surface area contributed by atoms with Crippen LogP contribution in [0.25, 0.3) is 0 Å². The average Bonchev–Trinajstić information content (AvgIpc) is 2.41. The number of anilines is 1. The zero-order chi connectivity index (χ0) is 11.2. The van der Waals surface area contributed by atoms with Gasteiger partial charge in [-0.1, -0.05) is 0 Å². The largest absolute Gasteiger partial charge is 0.327 e. The van der Waals surface area contributed by atoms with Gasteiger partial charge in [0.2, 0.25) is 5.91 Å². The van der Waals surface area contributed by atoms with E-state index in [1.807, 2.05) is 13.8 Å². The molecule has 0 bridgehead atoms. The highest BCUT2D eigenvalue weighted by Crippen LogP contribution is 2.23. The first kappa shape index (κ1) is 9.70. The highest BCUT2D eigenvalue weighted by Gasteiger charge is 2.32. The van der Waals surface area contributed by atoms with Crippen molar-refractivity contribution in [2.75, 3.05) is 4.90 Å². The molecular weight excluding hydrogens is 198 g/mol. The molecule has 0 saturated heterocycles. The van der Waals surface area contributed by atoms with Crippen molar-refractivity contribution in [3.8, 4) is 0 Å². The fourth-order valence-corrected chi connectivity index (χ4v) is 1.78. The molecule has 1 amide bonds. The number of carbonyl (C=O) groups is 1. The van der Waals surface area contributed by atoms with Gasteiger partial charge < -0.3 is 0 Å². The number of aromatic amines is 2. The predicted molar refractivity (Wildman–Crippen MR) is 54.0 cm³/mol. The van der Waals surface area contributed by atoms with Crippen molar-refractivity contribution in [3.63, 3.8) is 0 Å². The van der Waals surface area contributed by atoms with Gasteiger partial charge in [0, 0.05) is 6.04 Å². The Kier molecular flexibility index (Phi) is 1.99. The molecule has 0 fully saturated rings.